The molecule has 1 fully saturated rings. The second-order valence-corrected chi connectivity index (χ2v) is 6.54. The van der Waals surface area contributed by atoms with Gasteiger partial charge in [-0.2, -0.15) is 5.10 Å². The minimum absolute atomic E-state index is 0.151. The summed E-state index contributed by atoms with van der Waals surface area (Å²) in [6.07, 6.45) is 3.74. The molecule has 0 aromatic carbocycles. The average Bonchev–Trinajstić information content (AvgIpc) is 3.08. The fraction of sp³-hybridized carbons (Fsp3) is 0.389. The van der Waals surface area contributed by atoms with Crippen molar-refractivity contribution in [1.82, 2.24) is 19.7 Å². The number of pyridine rings is 1. The van der Waals surface area contributed by atoms with Crippen molar-refractivity contribution in [1.29, 1.82) is 0 Å². The lowest BCUT2D eigenvalue weighted by Crippen LogP contribution is -2.68. The van der Waals surface area contributed by atoms with E-state index in [4.69, 9.17) is 5.73 Å². The number of β-lactam (4-membered cyclic amide) rings is 1. The number of hydrogen-bond acceptors (Lipinski definition) is 6. The normalized spacial score (nSPS) is 18.9. The second kappa shape index (κ2) is 7.18. The van der Waals surface area contributed by atoms with Crippen LogP contribution in [0.4, 0.5) is 11.6 Å². The largest absolute Gasteiger partial charge is 0.384 e. The van der Waals surface area contributed by atoms with Gasteiger partial charge >= 0.3 is 0 Å². The van der Waals surface area contributed by atoms with Crippen LogP contribution in [-0.4, -0.2) is 50.5 Å². The zero-order valence-corrected chi connectivity index (χ0v) is 15.5. The molecular formula is C18H22N6O3. The number of carbonyl (C=O) groups is 3. The van der Waals surface area contributed by atoms with Gasteiger partial charge in [0.05, 0.1) is 5.92 Å². The van der Waals surface area contributed by atoms with E-state index < -0.39 is 12.0 Å². The van der Waals surface area contributed by atoms with Crippen LogP contribution in [0.25, 0.3) is 0 Å². The van der Waals surface area contributed by atoms with Crippen molar-refractivity contribution < 1.29 is 14.4 Å². The Hall–Kier alpha value is -3.23. The van der Waals surface area contributed by atoms with Gasteiger partial charge < -0.3 is 5.73 Å². The summed E-state index contributed by atoms with van der Waals surface area (Å²) in [6, 6.07) is 4.26. The van der Waals surface area contributed by atoms with E-state index in [9.17, 15) is 14.4 Å². The topological polar surface area (TPSA) is 114 Å². The van der Waals surface area contributed by atoms with Crippen molar-refractivity contribution >= 4 is 29.4 Å². The summed E-state index contributed by atoms with van der Waals surface area (Å²) in [5.74, 6) is -0.877. The minimum atomic E-state index is -0.855. The van der Waals surface area contributed by atoms with Crippen LogP contribution < -0.4 is 10.6 Å². The Balaban J connectivity index is 1.87. The van der Waals surface area contributed by atoms with Gasteiger partial charge in [0, 0.05) is 39.0 Å². The molecule has 0 bridgehead atoms. The number of imide groups is 1. The summed E-state index contributed by atoms with van der Waals surface area (Å²) in [7, 11) is 3.34. The Morgan fingerprint density at radius 2 is 2.07 bits per heavy atom. The van der Waals surface area contributed by atoms with Crippen LogP contribution in [0.15, 0.2) is 30.6 Å². The van der Waals surface area contributed by atoms with E-state index in [1.54, 1.807) is 56.3 Å². The molecule has 2 N–H and O–H groups in total. The number of amides is 3. The number of nitrogen functional groups attached to an aromatic ring is 1. The van der Waals surface area contributed by atoms with Crippen molar-refractivity contribution in [3.05, 3.63) is 36.2 Å². The van der Waals surface area contributed by atoms with Crippen LogP contribution >= 0.6 is 0 Å². The van der Waals surface area contributed by atoms with Crippen molar-refractivity contribution in [3.8, 4) is 0 Å². The molecule has 0 unspecified atom stereocenters. The van der Waals surface area contributed by atoms with E-state index in [1.807, 2.05) is 0 Å². The molecule has 1 saturated heterocycles. The van der Waals surface area contributed by atoms with Crippen molar-refractivity contribution in [3.63, 3.8) is 0 Å². The highest BCUT2D eigenvalue weighted by molar-refractivity contribution is 6.12. The first-order valence-electron chi connectivity index (χ1n) is 8.67. The van der Waals surface area contributed by atoms with Gasteiger partial charge in [-0.1, -0.05) is 6.92 Å². The summed E-state index contributed by atoms with van der Waals surface area (Å²) in [6.45, 7) is 1.66. The molecule has 3 amide bonds. The van der Waals surface area contributed by atoms with Crippen LogP contribution in [-0.2, 0) is 27.9 Å². The lowest BCUT2D eigenvalue weighted by Gasteiger charge is -2.45. The van der Waals surface area contributed by atoms with Crippen LogP contribution in [0.1, 0.15) is 18.9 Å². The molecule has 3 heterocycles. The first-order chi connectivity index (χ1) is 12.8. The van der Waals surface area contributed by atoms with Crippen LogP contribution in [0.2, 0.25) is 0 Å². The van der Waals surface area contributed by atoms with Crippen molar-refractivity contribution in [2.75, 3.05) is 17.7 Å². The standard InChI is InChI=1S/C18H22N6O3/c1-4-15(25)24-16(18(27)23(3)14-6-8-22(2)21-14)12(17(24)26)9-11-5-7-20-13(19)10-11/h5-8,10,12,16H,4,9H2,1-3H3,(H2,19,20)/t12-,16+/m1/s1. The van der Waals surface area contributed by atoms with Crippen LogP contribution in [0, 0.1) is 5.92 Å². The number of aromatic nitrogens is 3. The predicted molar refractivity (Wildman–Crippen MR) is 98.4 cm³/mol. The summed E-state index contributed by atoms with van der Waals surface area (Å²) >= 11 is 0. The highest BCUT2D eigenvalue weighted by Crippen LogP contribution is 2.33. The molecule has 0 spiro atoms. The number of likely N-dealkylation sites (N-methyl/N-ethyl adjacent to an activating group) is 1. The first kappa shape index (κ1) is 18.6. The van der Waals surface area contributed by atoms with Crippen molar-refractivity contribution in [2.45, 2.75) is 25.8 Å². The van der Waals surface area contributed by atoms with Gasteiger partial charge in [0.25, 0.3) is 5.91 Å². The Morgan fingerprint density at radius 3 is 2.67 bits per heavy atom. The van der Waals surface area contributed by atoms with Gasteiger partial charge in [-0.15, -0.1) is 0 Å². The third kappa shape index (κ3) is 3.40. The molecule has 2 aromatic heterocycles. The maximum Gasteiger partial charge on any atom is 0.252 e. The number of nitrogens with zero attached hydrogens (tertiary/aromatic N) is 5. The van der Waals surface area contributed by atoms with Gasteiger partial charge in [-0.3, -0.25) is 28.9 Å². The third-order valence-electron chi connectivity index (χ3n) is 4.71. The number of carbonyl (C=O) groups excluding carboxylic acids is 3. The number of hydrogen-bond donors (Lipinski definition) is 1. The summed E-state index contributed by atoms with van der Waals surface area (Å²) in [5.41, 5.74) is 6.49. The van der Waals surface area contributed by atoms with E-state index in [-0.39, 0.29) is 24.1 Å². The number of likely N-dealkylation sites (tertiary alicyclic amines) is 1. The van der Waals surface area contributed by atoms with E-state index in [1.165, 1.54) is 4.90 Å². The van der Waals surface area contributed by atoms with Gasteiger partial charge in [-0.05, 0) is 24.1 Å². The number of anilines is 2. The molecule has 27 heavy (non-hydrogen) atoms. The molecule has 142 valence electrons. The van der Waals surface area contributed by atoms with E-state index in [0.29, 0.717) is 18.1 Å². The van der Waals surface area contributed by atoms with Crippen LogP contribution in [0.3, 0.4) is 0 Å². The van der Waals surface area contributed by atoms with Gasteiger partial charge in [-0.25, -0.2) is 4.98 Å². The Kier molecular flexibility index (Phi) is 4.93. The first-order valence-corrected chi connectivity index (χ1v) is 8.67. The maximum absolute atomic E-state index is 13.1. The molecule has 2 aromatic rings. The van der Waals surface area contributed by atoms with E-state index >= 15 is 0 Å². The summed E-state index contributed by atoms with van der Waals surface area (Å²) in [4.78, 5) is 44.3. The van der Waals surface area contributed by atoms with E-state index in [2.05, 4.69) is 10.1 Å². The highest BCUT2D eigenvalue weighted by atomic mass is 16.2. The Bertz CT molecular complexity index is 893. The number of rotatable bonds is 5. The molecule has 0 radical (unpaired) electrons. The number of aryl methyl sites for hydroxylation is 1. The summed E-state index contributed by atoms with van der Waals surface area (Å²) in [5, 5.41) is 4.21. The average molecular weight is 370 g/mol. The summed E-state index contributed by atoms with van der Waals surface area (Å²) < 4.78 is 1.58. The SMILES string of the molecule is CCC(=O)N1C(=O)[C@H](Cc2ccnc(N)c2)[C@H]1C(=O)N(C)c1ccn(C)n1. The number of nitrogens with two attached hydrogens (primary N) is 1. The Labute approximate surface area is 156 Å². The fourth-order valence-electron chi connectivity index (χ4n) is 3.25. The maximum atomic E-state index is 13.1. The zero-order valence-electron chi connectivity index (χ0n) is 15.5. The molecule has 3 rings (SSSR count). The molecular weight excluding hydrogens is 348 g/mol. The Morgan fingerprint density at radius 1 is 1.33 bits per heavy atom. The molecule has 2 atom stereocenters. The zero-order chi connectivity index (χ0) is 19.7. The van der Waals surface area contributed by atoms with E-state index in [0.717, 1.165) is 10.5 Å². The molecule has 0 aliphatic carbocycles. The van der Waals surface area contributed by atoms with Gasteiger partial charge in [0.15, 0.2) is 5.82 Å². The van der Waals surface area contributed by atoms with Gasteiger partial charge in [0.2, 0.25) is 11.8 Å². The lowest BCUT2D eigenvalue weighted by molar-refractivity contribution is -0.170. The van der Waals surface area contributed by atoms with Gasteiger partial charge in [0.1, 0.15) is 11.9 Å². The van der Waals surface area contributed by atoms with Crippen LogP contribution in [0.5, 0.6) is 0 Å². The quantitative estimate of drug-likeness (QED) is 0.761. The van der Waals surface area contributed by atoms with Crippen molar-refractivity contribution in [2.24, 2.45) is 13.0 Å². The molecule has 1 aliphatic heterocycles. The molecule has 1 aliphatic rings. The highest BCUT2D eigenvalue weighted by Gasteiger charge is 2.54. The smallest absolute Gasteiger partial charge is 0.252 e. The molecule has 0 saturated carbocycles. The lowest BCUT2D eigenvalue weighted by atomic mass is 9.81. The fourth-order valence-corrected chi connectivity index (χ4v) is 3.25. The minimum Gasteiger partial charge on any atom is -0.384 e. The predicted octanol–water partition coefficient (Wildman–Crippen LogP) is 0.366. The second-order valence-electron chi connectivity index (χ2n) is 6.54. The monoisotopic (exact) mass is 370 g/mol. The third-order valence-corrected chi connectivity index (χ3v) is 4.71. The molecule has 9 nitrogen and oxygen atoms in total. The molecule has 9 heteroatoms.